The number of rotatable bonds is 11. The fraction of sp³-hybridized carbons (Fsp3) is 0.292. The molecule has 9 heteroatoms. The van der Waals surface area contributed by atoms with E-state index in [1.165, 1.54) is 0 Å². The van der Waals surface area contributed by atoms with Crippen molar-refractivity contribution in [1.82, 2.24) is 20.2 Å². The lowest BCUT2D eigenvalue weighted by atomic mass is 10.1. The molecule has 33 heavy (non-hydrogen) atoms. The number of pyridine rings is 2. The molecule has 2 heterocycles. The molecule has 0 spiro atoms. The first-order chi connectivity index (χ1) is 16.1. The number of halogens is 1. The summed E-state index contributed by atoms with van der Waals surface area (Å²) in [5, 5.41) is 2.95. The first kappa shape index (κ1) is 24.7. The molecule has 0 radical (unpaired) electrons. The molecule has 174 valence electrons. The molecule has 3 rings (SSSR count). The predicted octanol–water partition coefficient (Wildman–Crippen LogP) is 3.79. The number of ether oxygens (including phenoxy) is 3. The van der Waals surface area contributed by atoms with E-state index in [4.69, 9.17) is 14.2 Å². The molecule has 1 N–H and O–H groups in total. The standard InChI is InChI=1S/C24H27IN4O4/c1-31-21-12-19(13-22(32-2)23(21)33-3)20-11-17(6-8-27-20)15-29(16-25)10-9-28-24(30)18-5-4-7-26-14-18/h4-8,11-14H,9-10,15-16H2,1-3H3,(H,28,30). The lowest BCUT2D eigenvalue weighted by molar-refractivity contribution is 0.0949. The van der Waals surface area contributed by atoms with E-state index < -0.39 is 0 Å². The number of nitrogens with one attached hydrogen (secondary N) is 1. The van der Waals surface area contributed by atoms with Crippen LogP contribution in [0.25, 0.3) is 11.3 Å². The summed E-state index contributed by atoms with van der Waals surface area (Å²) in [6, 6.07) is 11.3. The highest BCUT2D eigenvalue weighted by Crippen LogP contribution is 2.40. The van der Waals surface area contributed by atoms with Gasteiger partial charge in [-0.15, -0.1) is 0 Å². The second-order valence-corrected chi connectivity index (χ2v) is 7.82. The molecule has 3 aromatic rings. The van der Waals surface area contributed by atoms with Gasteiger partial charge in [-0.25, -0.2) is 0 Å². The van der Waals surface area contributed by atoms with Gasteiger partial charge in [0.05, 0.1) is 37.1 Å². The summed E-state index contributed by atoms with van der Waals surface area (Å²) in [4.78, 5) is 23.0. The van der Waals surface area contributed by atoms with E-state index in [0.717, 1.165) is 34.5 Å². The summed E-state index contributed by atoms with van der Waals surface area (Å²) in [6.07, 6.45) is 5.01. The molecule has 0 saturated carbocycles. The normalized spacial score (nSPS) is 10.7. The fourth-order valence-electron chi connectivity index (χ4n) is 3.33. The number of hydrogen-bond acceptors (Lipinski definition) is 7. The molecule has 8 nitrogen and oxygen atoms in total. The topological polar surface area (TPSA) is 85.8 Å². The molecule has 0 unspecified atom stereocenters. The van der Waals surface area contributed by atoms with Gasteiger partial charge >= 0.3 is 0 Å². The van der Waals surface area contributed by atoms with Crippen LogP contribution in [0.5, 0.6) is 17.2 Å². The van der Waals surface area contributed by atoms with Gasteiger partial charge in [-0.1, -0.05) is 22.6 Å². The molecule has 0 atom stereocenters. The maximum absolute atomic E-state index is 12.2. The minimum absolute atomic E-state index is 0.120. The summed E-state index contributed by atoms with van der Waals surface area (Å²) in [7, 11) is 4.77. The highest BCUT2D eigenvalue weighted by molar-refractivity contribution is 14.1. The van der Waals surface area contributed by atoms with Crippen molar-refractivity contribution in [3.63, 3.8) is 0 Å². The zero-order valence-electron chi connectivity index (χ0n) is 18.9. The largest absolute Gasteiger partial charge is 0.493 e. The van der Waals surface area contributed by atoms with Crippen molar-refractivity contribution in [1.29, 1.82) is 0 Å². The average molecular weight is 562 g/mol. The lowest BCUT2D eigenvalue weighted by Crippen LogP contribution is -2.34. The number of nitrogens with zero attached hydrogens (tertiary/aromatic N) is 3. The average Bonchev–Trinajstić information content (AvgIpc) is 2.87. The van der Waals surface area contributed by atoms with Crippen molar-refractivity contribution in [2.45, 2.75) is 6.54 Å². The lowest BCUT2D eigenvalue weighted by Gasteiger charge is -2.20. The Morgan fingerprint density at radius 3 is 2.42 bits per heavy atom. The molecule has 2 aromatic heterocycles. The van der Waals surface area contributed by atoms with Crippen LogP contribution in [-0.4, -0.2) is 59.7 Å². The van der Waals surface area contributed by atoms with E-state index >= 15 is 0 Å². The zero-order valence-corrected chi connectivity index (χ0v) is 21.0. The van der Waals surface area contributed by atoms with E-state index in [2.05, 4.69) is 42.8 Å². The summed E-state index contributed by atoms with van der Waals surface area (Å²) in [5.74, 6) is 1.59. The third kappa shape index (κ3) is 6.55. The molecule has 0 aliphatic heterocycles. The quantitative estimate of drug-likeness (QED) is 0.216. The van der Waals surface area contributed by atoms with Crippen molar-refractivity contribution >= 4 is 28.5 Å². The number of methoxy groups -OCH3 is 3. The minimum atomic E-state index is -0.120. The van der Waals surface area contributed by atoms with Crippen molar-refractivity contribution in [3.8, 4) is 28.5 Å². The van der Waals surface area contributed by atoms with Gasteiger partial charge in [0.1, 0.15) is 0 Å². The predicted molar refractivity (Wildman–Crippen MR) is 135 cm³/mol. The number of carbonyl (C=O) groups is 1. The van der Waals surface area contributed by atoms with Gasteiger partial charge in [0.25, 0.3) is 5.91 Å². The number of aromatic nitrogens is 2. The van der Waals surface area contributed by atoms with Crippen molar-refractivity contribution in [2.24, 2.45) is 0 Å². The molecule has 0 aliphatic rings. The summed E-state index contributed by atoms with van der Waals surface area (Å²) >= 11 is 2.33. The first-order valence-corrected chi connectivity index (χ1v) is 11.8. The third-order valence-corrected chi connectivity index (χ3v) is 5.96. The number of hydrogen-bond donors (Lipinski definition) is 1. The van der Waals surface area contributed by atoms with Gasteiger partial charge in [-0.3, -0.25) is 19.7 Å². The van der Waals surface area contributed by atoms with E-state index in [0.29, 0.717) is 29.4 Å². The Labute approximate surface area is 207 Å². The van der Waals surface area contributed by atoms with Crippen LogP contribution < -0.4 is 19.5 Å². The maximum Gasteiger partial charge on any atom is 0.252 e. The smallest absolute Gasteiger partial charge is 0.252 e. The molecular weight excluding hydrogens is 535 g/mol. The minimum Gasteiger partial charge on any atom is -0.493 e. The highest BCUT2D eigenvalue weighted by Gasteiger charge is 2.15. The van der Waals surface area contributed by atoms with Gasteiger partial charge < -0.3 is 19.5 Å². The molecule has 0 bridgehead atoms. The Balaban J connectivity index is 1.68. The number of alkyl halides is 1. The van der Waals surface area contributed by atoms with Crippen LogP contribution in [0.1, 0.15) is 15.9 Å². The third-order valence-electron chi connectivity index (χ3n) is 5.00. The molecule has 1 amide bonds. The van der Waals surface area contributed by atoms with Crippen LogP contribution in [0.2, 0.25) is 0 Å². The second kappa shape index (κ2) is 12.4. The van der Waals surface area contributed by atoms with Crippen molar-refractivity contribution < 1.29 is 19.0 Å². The number of carbonyl (C=O) groups excluding carboxylic acids is 1. The zero-order chi connectivity index (χ0) is 23.6. The Hall–Kier alpha value is -2.92. The summed E-state index contributed by atoms with van der Waals surface area (Å²) in [5.41, 5.74) is 3.35. The Kier molecular flexibility index (Phi) is 9.25. The van der Waals surface area contributed by atoms with E-state index in [9.17, 15) is 4.79 Å². The summed E-state index contributed by atoms with van der Waals surface area (Å²) < 4.78 is 17.2. The molecular formula is C24H27IN4O4. The second-order valence-electron chi connectivity index (χ2n) is 7.13. The SMILES string of the molecule is COc1cc(-c2cc(CN(CI)CCNC(=O)c3cccnc3)ccn2)cc(OC)c1OC. The Morgan fingerprint density at radius 1 is 1.06 bits per heavy atom. The number of benzene rings is 1. The first-order valence-electron chi connectivity index (χ1n) is 10.3. The Morgan fingerprint density at radius 2 is 1.82 bits per heavy atom. The molecule has 0 fully saturated rings. The van der Waals surface area contributed by atoms with Gasteiger partial charge in [0, 0.05) is 43.8 Å². The number of amides is 1. The Bertz CT molecular complexity index is 1040. The van der Waals surface area contributed by atoms with E-state index in [1.54, 1.807) is 52.1 Å². The highest BCUT2D eigenvalue weighted by atomic mass is 127. The van der Waals surface area contributed by atoms with Gasteiger partial charge in [-0.2, -0.15) is 0 Å². The monoisotopic (exact) mass is 562 g/mol. The van der Waals surface area contributed by atoms with Gasteiger partial charge in [0.2, 0.25) is 5.75 Å². The van der Waals surface area contributed by atoms with Crippen LogP contribution in [0, 0.1) is 0 Å². The van der Waals surface area contributed by atoms with Crippen molar-refractivity contribution in [3.05, 3.63) is 66.1 Å². The van der Waals surface area contributed by atoms with Crippen LogP contribution in [0.3, 0.4) is 0 Å². The van der Waals surface area contributed by atoms with Gasteiger partial charge in [0.15, 0.2) is 11.5 Å². The van der Waals surface area contributed by atoms with E-state index in [-0.39, 0.29) is 5.91 Å². The molecule has 0 aliphatic carbocycles. The van der Waals surface area contributed by atoms with Crippen molar-refractivity contribution in [2.75, 3.05) is 39.0 Å². The summed E-state index contributed by atoms with van der Waals surface area (Å²) in [6.45, 7) is 1.99. The van der Waals surface area contributed by atoms with Gasteiger partial charge in [-0.05, 0) is 42.0 Å². The van der Waals surface area contributed by atoms with Crippen LogP contribution in [0.4, 0.5) is 0 Å². The van der Waals surface area contributed by atoms with Crippen LogP contribution in [-0.2, 0) is 6.54 Å². The van der Waals surface area contributed by atoms with Crippen LogP contribution in [0.15, 0.2) is 55.0 Å². The maximum atomic E-state index is 12.2. The van der Waals surface area contributed by atoms with Crippen LogP contribution >= 0.6 is 22.6 Å². The fourth-order valence-corrected chi connectivity index (χ4v) is 3.91. The molecule has 1 aromatic carbocycles. The van der Waals surface area contributed by atoms with E-state index in [1.807, 2.05) is 24.3 Å². The molecule has 0 saturated heterocycles.